The standard InChI is InChI=1S/C24H26N4O4/c1-15-12-17(19-6-4-5-7-20(19)26-15)14-32-18-10-8-16(9-11-18)23(30)27-21(13-22(25)29)24(31)28(2)3/h4-12,21H,13-14H2,1-3H3,(H2,25,29)(H,27,30). The van der Waals surface area contributed by atoms with E-state index >= 15 is 0 Å². The first-order valence-corrected chi connectivity index (χ1v) is 10.1. The number of amides is 3. The van der Waals surface area contributed by atoms with Crippen molar-refractivity contribution in [1.82, 2.24) is 15.2 Å². The van der Waals surface area contributed by atoms with E-state index in [9.17, 15) is 14.4 Å². The summed E-state index contributed by atoms with van der Waals surface area (Å²) in [5, 5.41) is 3.60. The second-order valence-electron chi connectivity index (χ2n) is 7.68. The highest BCUT2D eigenvalue weighted by atomic mass is 16.5. The quantitative estimate of drug-likeness (QED) is 0.564. The molecule has 3 amide bonds. The second kappa shape index (κ2) is 9.91. The number of hydrogen-bond acceptors (Lipinski definition) is 5. The number of carbonyl (C=O) groups excluding carboxylic acids is 3. The van der Waals surface area contributed by atoms with E-state index in [4.69, 9.17) is 10.5 Å². The molecule has 0 aliphatic carbocycles. The van der Waals surface area contributed by atoms with Crippen molar-refractivity contribution < 1.29 is 19.1 Å². The first-order chi connectivity index (χ1) is 15.2. The highest BCUT2D eigenvalue weighted by molar-refractivity contribution is 5.98. The number of nitrogens with two attached hydrogens (primary N) is 1. The van der Waals surface area contributed by atoms with Crippen molar-refractivity contribution >= 4 is 28.6 Å². The third kappa shape index (κ3) is 5.60. The molecule has 0 aliphatic rings. The molecule has 0 spiro atoms. The molecule has 0 radical (unpaired) electrons. The molecule has 166 valence electrons. The maximum Gasteiger partial charge on any atom is 0.251 e. The van der Waals surface area contributed by atoms with Gasteiger partial charge in [0.2, 0.25) is 11.8 Å². The molecule has 0 aliphatic heterocycles. The predicted octanol–water partition coefficient (Wildman–Crippen LogP) is 2.18. The fourth-order valence-electron chi connectivity index (χ4n) is 3.33. The number of hydrogen-bond donors (Lipinski definition) is 2. The monoisotopic (exact) mass is 434 g/mol. The number of nitrogens with zero attached hydrogens (tertiary/aromatic N) is 2. The SMILES string of the molecule is Cc1cc(COc2ccc(C(=O)NC(CC(N)=O)C(=O)N(C)C)cc2)c2ccccc2n1. The summed E-state index contributed by atoms with van der Waals surface area (Å²) in [7, 11) is 3.09. The van der Waals surface area contributed by atoms with Gasteiger partial charge in [0.05, 0.1) is 11.9 Å². The molecular formula is C24H26N4O4. The largest absolute Gasteiger partial charge is 0.489 e. The maximum absolute atomic E-state index is 12.6. The molecule has 1 heterocycles. The summed E-state index contributed by atoms with van der Waals surface area (Å²) in [6.45, 7) is 2.29. The maximum atomic E-state index is 12.6. The van der Waals surface area contributed by atoms with Crippen LogP contribution in [0.25, 0.3) is 10.9 Å². The average Bonchev–Trinajstić information content (AvgIpc) is 2.76. The lowest BCUT2D eigenvalue weighted by molar-refractivity contribution is -0.133. The third-order valence-corrected chi connectivity index (χ3v) is 4.89. The van der Waals surface area contributed by atoms with Gasteiger partial charge in [-0.2, -0.15) is 0 Å². The molecule has 3 rings (SSSR count). The number of ether oxygens (including phenoxy) is 1. The Bertz CT molecular complexity index is 1140. The van der Waals surface area contributed by atoms with Gasteiger partial charge in [0.25, 0.3) is 5.91 Å². The molecule has 2 aromatic carbocycles. The van der Waals surface area contributed by atoms with Gasteiger partial charge in [0.15, 0.2) is 0 Å². The van der Waals surface area contributed by atoms with Gasteiger partial charge in [-0.3, -0.25) is 19.4 Å². The van der Waals surface area contributed by atoms with Crippen molar-refractivity contribution in [2.24, 2.45) is 5.73 Å². The second-order valence-corrected chi connectivity index (χ2v) is 7.68. The Morgan fingerprint density at radius 2 is 1.78 bits per heavy atom. The molecule has 0 saturated carbocycles. The zero-order chi connectivity index (χ0) is 23.3. The van der Waals surface area contributed by atoms with E-state index in [1.165, 1.54) is 4.90 Å². The van der Waals surface area contributed by atoms with Gasteiger partial charge in [-0.05, 0) is 43.3 Å². The van der Waals surface area contributed by atoms with E-state index in [0.717, 1.165) is 22.2 Å². The molecule has 1 aromatic heterocycles. The first-order valence-electron chi connectivity index (χ1n) is 10.1. The van der Waals surface area contributed by atoms with Crippen molar-refractivity contribution in [3.63, 3.8) is 0 Å². The van der Waals surface area contributed by atoms with Crippen LogP contribution >= 0.6 is 0 Å². The van der Waals surface area contributed by atoms with Gasteiger partial charge >= 0.3 is 0 Å². The molecule has 3 N–H and O–H groups in total. The smallest absolute Gasteiger partial charge is 0.251 e. The van der Waals surface area contributed by atoms with E-state index < -0.39 is 23.8 Å². The zero-order valence-corrected chi connectivity index (χ0v) is 18.3. The summed E-state index contributed by atoms with van der Waals surface area (Å²) >= 11 is 0. The molecule has 0 saturated heterocycles. The molecule has 0 fully saturated rings. The van der Waals surface area contributed by atoms with Crippen LogP contribution < -0.4 is 15.8 Å². The molecule has 1 atom stereocenters. The number of aromatic nitrogens is 1. The highest BCUT2D eigenvalue weighted by Gasteiger charge is 2.24. The minimum absolute atomic E-state index is 0.275. The van der Waals surface area contributed by atoms with Crippen LogP contribution in [-0.2, 0) is 16.2 Å². The van der Waals surface area contributed by atoms with Gasteiger partial charge in [0.1, 0.15) is 18.4 Å². The fraction of sp³-hybridized carbons (Fsp3) is 0.250. The third-order valence-electron chi connectivity index (χ3n) is 4.89. The molecule has 3 aromatic rings. The number of fused-ring (bicyclic) bond motifs is 1. The summed E-state index contributed by atoms with van der Waals surface area (Å²) in [5.74, 6) is -0.961. The van der Waals surface area contributed by atoms with Gasteiger partial charge < -0.3 is 20.7 Å². The number of primary amides is 1. The van der Waals surface area contributed by atoms with E-state index in [1.54, 1.807) is 38.4 Å². The lowest BCUT2D eigenvalue weighted by Gasteiger charge is -2.20. The number of nitrogens with one attached hydrogen (secondary N) is 1. The number of pyridine rings is 1. The average molecular weight is 434 g/mol. The van der Waals surface area contributed by atoms with E-state index in [0.29, 0.717) is 17.9 Å². The van der Waals surface area contributed by atoms with Crippen molar-refractivity contribution in [2.75, 3.05) is 14.1 Å². The summed E-state index contributed by atoms with van der Waals surface area (Å²) in [6.07, 6.45) is -0.275. The highest BCUT2D eigenvalue weighted by Crippen LogP contribution is 2.21. The number of likely N-dealkylation sites (N-methyl/N-ethyl adjacent to an activating group) is 1. The molecule has 0 bridgehead atoms. The van der Waals surface area contributed by atoms with Crippen molar-refractivity contribution in [3.8, 4) is 5.75 Å². The predicted molar refractivity (Wildman–Crippen MR) is 121 cm³/mol. The molecule has 8 nitrogen and oxygen atoms in total. The van der Waals surface area contributed by atoms with Crippen molar-refractivity contribution in [1.29, 1.82) is 0 Å². The number of para-hydroxylation sites is 1. The Hall–Kier alpha value is -3.94. The Kier molecular flexibility index (Phi) is 7.04. The van der Waals surface area contributed by atoms with Crippen LogP contribution in [-0.4, -0.2) is 47.7 Å². The van der Waals surface area contributed by atoms with Crippen LogP contribution in [0.1, 0.15) is 28.0 Å². The first kappa shape index (κ1) is 22.7. The number of rotatable bonds is 8. The van der Waals surface area contributed by atoms with Crippen LogP contribution in [0.3, 0.4) is 0 Å². The van der Waals surface area contributed by atoms with Crippen LogP contribution in [0.15, 0.2) is 54.6 Å². The minimum Gasteiger partial charge on any atom is -0.489 e. The van der Waals surface area contributed by atoms with Crippen molar-refractivity contribution in [3.05, 3.63) is 71.4 Å². The van der Waals surface area contributed by atoms with Gasteiger partial charge in [-0.25, -0.2) is 0 Å². The van der Waals surface area contributed by atoms with Gasteiger partial charge in [-0.1, -0.05) is 18.2 Å². The Morgan fingerprint density at radius 1 is 1.09 bits per heavy atom. The number of benzene rings is 2. The summed E-state index contributed by atoms with van der Waals surface area (Å²) < 4.78 is 5.91. The van der Waals surface area contributed by atoms with Crippen LogP contribution in [0.2, 0.25) is 0 Å². The minimum atomic E-state index is -1.02. The Balaban J connectivity index is 1.68. The van der Waals surface area contributed by atoms with E-state index in [1.807, 2.05) is 37.3 Å². The van der Waals surface area contributed by atoms with Crippen molar-refractivity contribution in [2.45, 2.75) is 26.0 Å². The fourth-order valence-corrected chi connectivity index (χ4v) is 3.33. The molecule has 1 unspecified atom stereocenters. The normalized spacial score (nSPS) is 11.6. The summed E-state index contributed by atoms with van der Waals surface area (Å²) in [4.78, 5) is 41.9. The Morgan fingerprint density at radius 3 is 2.44 bits per heavy atom. The molecular weight excluding hydrogens is 408 g/mol. The number of aryl methyl sites for hydroxylation is 1. The lowest BCUT2D eigenvalue weighted by Crippen LogP contribution is -2.48. The molecule has 8 heteroatoms. The summed E-state index contributed by atoms with van der Waals surface area (Å²) in [6, 6.07) is 15.4. The van der Waals surface area contributed by atoms with E-state index in [2.05, 4.69) is 10.3 Å². The topological polar surface area (TPSA) is 115 Å². The van der Waals surface area contributed by atoms with Crippen LogP contribution in [0.5, 0.6) is 5.75 Å². The van der Waals surface area contributed by atoms with Gasteiger partial charge in [-0.15, -0.1) is 0 Å². The summed E-state index contributed by atoms with van der Waals surface area (Å²) in [5.41, 5.74) is 8.39. The van der Waals surface area contributed by atoms with Crippen LogP contribution in [0, 0.1) is 6.92 Å². The van der Waals surface area contributed by atoms with Gasteiger partial charge in [0, 0.05) is 36.3 Å². The molecule has 32 heavy (non-hydrogen) atoms. The number of carbonyl (C=O) groups is 3. The Labute approximate surface area is 186 Å². The van der Waals surface area contributed by atoms with Crippen LogP contribution in [0.4, 0.5) is 0 Å². The zero-order valence-electron chi connectivity index (χ0n) is 18.3. The lowest BCUT2D eigenvalue weighted by atomic mass is 10.1. The van der Waals surface area contributed by atoms with E-state index in [-0.39, 0.29) is 6.42 Å².